The Morgan fingerprint density at radius 1 is 0.794 bits per heavy atom. The average Bonchev–Trinajstić information content (AvgIpc) is 2.88. The lowest BCUT2D eigenvalue weighted by molar-refractivity contribution is 0.272. The maximum Gasteiger partial charge on any atom is 0.149 e. The first-order chi connectivity index (χ1) is 16.7. The first kappa shape index (κ1) is 24.9. The quantitative estimate of drug-likeness (QED) is 0.181. The van der Waals surface area contributed by atoms with Crippen molar-refractivity contribution in [1.29, 1.82) is 0 Å². The summed E-state index contributed by atoms with van der Waals surface area (Å²) in [7, 11) is 0. The van der Waals surface area contributed by atoms with Crippen LogP contribution in [0.2, 0.25) is 10.0 Å². The molecule has 0 bridgehead atoms. The normalized spacial score (nSPS) is 13.0. The van der Waals surface area contributed by atoms with Gasteiger partial charge in [0.2, 0.25) is 0 Å². The van der Waals surface area contributed by atoms with E-state index in [4.69, 9.17) is 27.9 Å². The molecular formula is C29H24Cl2OS2. The van der Waals surface area contributed by atoms with Crippen LogP contribution < -0.4 is 0 Å². The fourth-order valence-corrected chi connectivity index (χ4v) is 6.46. The maximum absolute atomic E-state index is 6.46. The van der Waals surface area contributed by atoms with Gasteiger partial charge in [-0.2, -0.15) is 0 Å². The molecule has 1 aliphatic heterocycles. The number of halogens is 2. The van der Waals surface area contributed by atoms with Gasteiger partial charge in [-0.3, -0.25) is 0 Å². The van der Waals surface area contributed by atoms with Crippen LogP contribution in [0.15, 0.2) is 88.9 Å². The minimum absolute atomic E-state index is 0.335. The van der Waals surface area contributed by atoms with Crippen molar-refractivity contribution in [3.63, 3.8) is 0 Å². The second-order valence-corrected chi connectivity index (χ2v) is 10.9. The number of allylic oxidation sites excluding steroid dienone is 1. The molecule has 1 heterocycles. The average molecular weight is 524 g/mol. The molecule has 0 atom stereocenters. The van der Waals surface area contributed by atoms with Crippen molar-refractivity contribution in [2.45, 2.75) is 13.3 Å². The lowest BCUT2D eigenvalue weighted by Gasteiger charge is -2.24. The molecule has 0 aromatic heterocycles. The highest BCUT2D eigenvalue weighted by Crippen LogP contribution is 2.45. The molecule has 5 heteroatoms. The first-order valence-corrected chi connectivity index (χ1v) is 13.7. The number of rotatable bonds is 6. The summed E-state index contributed by atoms with van der Waals surface area (Å²) in [4.78, 5) is 0. The lowest BCUT2D eigenvalue weighted by atomic mass is 9.88. The number of hydrogen-bond donors (Lipinski definition) is 0. The first-order valence-electron chi connectivity index (χ1n) is 11.0. The van der Waals surface area contributed by atoms with Crippen LogP contribution in [0.3, 0.4) is 0 Å². The smallest absolute Gasteiger partial charge is 0.149 e. The molecular weight excluding hydrogens is 499 g/mol. The molecule has 0 N–H and O–H groups in total. The van der Waals surface area contributed by atoms with E-state index < -0.39 is 0 Å². The van der Waals surface area contributed by atoms with E-state index in [0.29, 0.717) is 16.7 Å². The molecule has 3 aromatic rings. The highest BCUT2D eigenvalue weighted by molar-refractivity contribution is 8.22. The summed E-state index contributed by atoms with van der Waals surface area (Å²) in [5, 5.41) is 1.40. The summed E-state index contributed by atoms with van der Waals surface area (Å²) >= 11 is 16.2. The van der Waals surface area contributed by atoms with Crippen molar-refractivity contribution < 1.29 is 4.74 Å². The van der Waals surface area contributed by atoms with Crippen LogP contribution in [0.4, 0.5) is 0 Å². The van der Waals surface area contributed by atoms with Crippen molar-refractivity contribution in [3.05, 3.63) is 116 Å². The molecule has 0 saturated carbocycles. The third-order valence-electron chi connectivity index (χ3n) is 5.21. The fourth-order valence-electron chi connectivity index (χ4n) is 3.66. The van der Waals surface area contributed by atoms with E-state index in [1.54, 1.807) is 0 Å². The topological polar surface area (TPSA) is 9.23 Å². The second-order valence-electron chi connectivity index (χ2n) is 7.51. The fraction of sp³-hybridized carbons (Fsp3) is 0.172. The molecule has 0 amide bonds. The molecule has 34 heavy (non-hydrogen) atoms. The van der Waals surface area contributed by atoms with Crippen LogP contribution in [0.1, 0.15) is 30.0 Å². The zero-order valence-electron chi connectivity index (χ0n) is 18.8. The van der Waals surface area contributed by atoms with E-state index in [1.165, 1.54) is 10.7 Å². The monoisotopic (exact) mass is 522 g/mol. The predicted octanol–water partition coefficient (Wildman–Crippen LogP) is 9.03. The minimum atomic E-state index is 0.335. The minimum Gasteiger partial charge on any atom is -0.479 e. The van der Waals surface area contributed by atoms with E-state index in [2.05, 4.69) is 60.4 Å². The molecule has 0 unspecified atom stereocenters. The summed E-state index contributed by atoms with van der Waals surface area (Å²) in [6, 6.07) is 26.4. The highest BCUT2D eigenvalue weighted by Gasteiger charge is 2.24. The summed E-state index contributed by atoms with van der Waals surface area (Å²) < 4.78 is 7.66. The predicted molar refractivity (Wildman–Crippen MR) is 151 cm³/mol. The third-order valence-corrected chi connectivity index (χ3v) is 8.30. The molecule has 1 saturated heterocycles. The summed E-state index contributed by atoms with van der Waals surface area (Å²) in [6.45, 7) is 2.17. The van der Waals surface area contributed by atoms with Gasteiger partial charge < -0.3 is 4.74 Å². The van der Waals surface area contributed by atoms with Crippen LogP contribution >= 0.6 is 46.7 Å². The zero-order valence-corrected chi connectivity index (χ0v) is 22.0. The number of benzene rings is 3. The van der Waals surface area contributed by atoms with Gasteiger partial charge in [-0.25, -0.2) is 0 Å². The van der Waals surface area contributed by atoms with Gasteiger partial charge in [-0.15, -0.1) is 29.4 Å². The number of hydrogen-bond acceptors (Lipinski definition) is 3. The number of thioether (sulfide) groups is 2. The van der Waals surface area contributed by atoms with Crippen molar-refractivity contribution in [2.75, 3.05) is 18.1 Å². The second kappa shape index (κ2) is 12.5. The Balaban J connectivity index is 2.06. The van der Waals surface area contributed by atoms with Crippen molar-refractivity contribution >= 4 is 57.9 Å². The van der Waals surface area contributed by atoms with Crippen molar-refractivity contribution in [2.24, 2.45) is 0 Å². The Morgan fingerprint density at radius 3 is 1.88 bits per heavy atom. The van der Waals surface area contributed by atoms with E-state index in [9.17, 15) is 0 Å². The molecule has 172 valence electrons. The van der Waals surface area contributed by atoms with Crippen LogP contribution in [0.25, 0.3) is 11.1 Å². The highest BCUT2D eigenvalue weighted by atomic mass is 35.5. The Kier molecular flexibility index (Phi) is 9.13. The van der Waals surface area contributed by atoms with E-state index in [1.807, 2.05) is 60.8 Å². The standard InChI is InChI=1S/C29H24Cl2OS2/c1-2-3-18-32-28(29-33-19-7-20-34-29)27(21-8-5-4-6-9-21)26(22-10-14-24(30)15-11-22)23-12-16-25(31)17-13-23/h4-6,8-17H,7,18-20H2,1H3. The Hall–Kier alpha value is -2.22. The Labute approximate surface area is 220 Å². The Morgan fingerprint density at radius 2 is 1.35 bits per heavy atom. The summed E-state index contributed by atoms with van der Waals surface area (Å²) in [5.41, 5.74) is 5.30. The molecule has 1 fully saturated rings. The van der Waals surface area contributed by atoms with Crippen molar-refractivity contribution in [3.8, 4) is 11.8 Å². The summed E-state index contributed by atoms with van der Waals surface area (Å²) in [6.07, 6.45) is 1.19. The largest absolute Gasteiger partial charge is 0.479 e. The van der Waals surface area contributed by atoms with Gasteiger partial charge in [-0.1, -0.05) is 83.7 Å². The van der Waals surface area contributed by atoms with E-state index in [0.717, 1.165) is 45.1 Å². The molecule has 0 aliphatic carbocycles. The van der Waals surface area contributed by atoms with Crippen molar-refractivity contribution in [1.82, 2.24) is 0 Å². The molecule has 3 aromatic carbocycles. The van der Waals surface area contributed by atoms with Gasteiger partial charge >= 0.3 is 0 Å². The molecule has 4 rings (SSSR count). The van der Waals surface area contributed by atoms with Crippen LogP contribution in [0, 0.1) is 11.8 Å². The van der Waals surface area contributed by atoms with E-state index >= 15 is 0 Å². The van der Waals surface area contributed by atoms with Gasteiger partial charge in [0, 0.05) is 21.2 Å². The van der Waals surface area contributed by atoms with Gasteiger partial charge in [-0.05, 0) is 65.8 Å². The third kappa shape index (κ3) is 6.26. The van der Waals surface area contributed by atoms with Crippen LogP contribution in [0.5, 0.6) is 0 Å². The maximum atomic E-state index is 6.46. The zero-order chi connectivity index (χ0) is 23.8. The molecule has 1 aliphatic rings. The molecule has 0 radical (unpaired) electrons. The Bertz CT molecular complexity index is 1180. The van der Waals surface area contributed by atoms with E-state index in [-0.39, 0.29) is 0 Å². The molecule has 1 nitrogen and oxygen atoms in total. The number of ether oxygens (including phenoxy) is 1. The molecule has 0 spiro atoms. The van der Waals surface area contributed by atoms with Crippen LogP contribution in [-0.2, 0) is 4.74 Å². The van der Waals surface area contributed by atoms with Gasteiger partial charge in [0.25, 0.3) is 0 Å². The van der Waals surface area contributed by atoms with Gasteiger partial charge in [0.05, 0.1) is 4.24 Å². The van der Waals surface area contributed by atoms with Gasteiger partial charge in [0.1, 0.15) is 12.4 Å². The van der Waals surface area contributed by atoms with Crippen LogP contribution in [-0.4, -0.2) is 18.1 Å². The summed E-state index contributed by atoms with van der Waals surface area (Å²) in [5.74, 6) is 9.06. The SMILES string of the molecule is CC#CCOC(=C1SCCCS1)C(=C(c1ccc(Cl)cc1)c1ccc(Cl)cc1)c1ccccc1. The lowest BCUT2D eigenvalue weighted by Crippen LogP contribution is -2.06. The van der Waals surface area contributed by atoms with Gasteiger partial charge in [0.15, 0.2) is 0 Å².